The molecule has 0 unspecified atom stereocenters. The molecule has 0 aromatic heterocycles. The van der Waals surface area contributed by atoms with E-state index in [1.54, 1.807) is 0 Å². The molecule has 3 heteroatoms. The van der Waals surface area contributed by atoms with E-state index < -0.39 is 0 Å². The fourth-order valence-electron chi connectivity index (χ4n) is 2.34. The highest BCUT2D eigenvalue weighted by Gasteiger charge is 2.14. The standard InChI is InChI=1S/C15H22N2O/c18-15(17-12-6-1-2-7-13-17)16-11-10-14-8-4-3-5-9-14/h3-5,8-9H,1-2,6-7,10-13H2,(H,16,18). The normalized spacial score (nSPS) is 16.1. The number of carbonyl (C=O) groups excluding carboxylic acids is 1. The molecule has 1 aromatic carbocycles. The van der Waals surface area contributed by atoms with Crippen molar-refractivity contribution in [3.63, 3.8) is 0 Å². The van der Waals surface area contributed by atoms with E-state index in [0.29, 0.717) is 0 Å². The van der Waals surface area contributed by atoms with Gasteiger partial charge in [-0.3, -0.25) is 0 Å². The van der Waals surface area contributed by atoms with Crippen molar-refractivity contribution in [2.24, 2.45) is 0 Å². The van der Waals surface area contributed by atoms with Crippen LogP contribution in [-0.2, 0) is 6.42 Å². The van der Waals surface area contributed by atoms with Gasteiger partial charge in [-0.1, -0.05) is 43.2 Å². The van der Waals surface area contributed by atoms with E-state index in [1.165, 1.54) is 18.4 Å². The minimum absolute atomic E-state index is 0.104. The molecule has 1 aliphatic rings. The molecule has 2 amide bonds. The molecular weight excluding hydrogens is 224 g/mol. The van der Waals surface area contributed by atoms with Gasteiger partial charge in [-0.15, -0.1) is 0 Å². The van der Waals surface area contributed by atoms with Gasteiger partial charge in [0, 0.05) is 19.6 Å². The summed E-state index contributed by atoms with van der Waals surface area (Å²) in [6.07, 6.45) is 5.71. The quantitative estimate of drug-likeness (QED) is 0.874. The topological polar surface area (TPSA) is 32.3 Å². The van der Waals surface area contributed by atoms with Gasteiger partial charge >= 0.3 is 6.03 Å². The number of nitrogens with one attached hydrogen (secondary N) is 1. The summed E-state index contributed by atoms with van der Waals surface area (Å²) in [7, 11) is 0. The molecule has 1 aliphatic heterocycles. The van der Waals surface area contributed by atoms with Gasteiger partial charge in [0.1, 0.15) is 0 Å². The van der Waals surface area contributed by atoms with Crippen molar-refractivity contribution in [1.82, 2.24) is 10.2 Å². The van der Waals surface area contributed by atoms with Crippen molar-refractivity contribution in [2.45, 2.75) is 32.1 Å². The SMILES string of the molecule is O=C(NCCc1ccccc1)N1CCCCCC1. The maximum Gasteiger partial charge on any atom is 0.317 e. The van der Waals surface area contributed by atoms with Crippen LogP contribution in [0.25, 0.3) is 0 Å². The number of benzene rings is 1. The summed E-state index contributed by atoms with van der Waals surface area (Å²) < 4.78 is 0. The van der Waals surface area contributed by atoms with Gasteiger partial charge in [0.15, 0.2) is 0 Å². The lowest BCUT2D eigenvalue weighted by Crippen LogP contribution is -2.41. The van der Waals surface area contributed by atoms with Crippen LogP contribution >= 0.6 is 0 Å². The van der Waals surface area contributed by atoms with Gasteiger partial charge in [-0.25, -0.2) is 4.79 Å². The minimum atomic E-state index is 0.104. The van der Waals surface area contributed by atoms with Crippen molar-refractivity contribution in [3.05, 3.63) is 35.9 Å². The first-order valence-electron chi connectivity index (χ1n) is 6.93. The second kappa shape index (κ2) is 7.04. The van der Waals surface area contributed by atoms with E-state index >= 15 is 0 Å². The summed E-state index contributed by atoms with van der Waals surface area (Å²) in [4.78, 5) is 13.9. The first-order chi connectivity index (χ1) is 8.86. The Bertz CT molecular complexity index is 356. The van der Waals surface area contributed by atoms with Gasteiger partial charge in [0.25, 0.3) is 0 Å². The molecule has 98 valence electrons. The Morgan fingerprint density at radius 3 is 2.39 bits per heavy atom. The van der Waals surface area contributed by atoms with Gasteiger partial charge in [-0.05, 0) is 24.8 Å². The van der Waals surface area contributed by atoms with Gasteiger partial charge in [-0.2, -0.15) is 0 Å². The van der Waals surface area contributed by atoms with Crippen LogP contribution in [0.4, 0.5) is 4.79 Å². The first kappa shape index (κ1) is 12.9. The van der Waals surface area contributed by atoms with Crippen LogP contribution in [0.3, 0.4) is 0 Å². The molecule has 0 atom stereocenters. The zero-order chi connectivity index (χ0) is 12.6. The third-order valence-electron chi connectivity index (χ3n) is 3.43. The molecule has 1 aromatic rings. The Morgan fingerprint density at radius 1 is 1.06 bits per heavy atom. The molecule has 1 saturated heterocycles. The average molecular weight is 246 g/mol. The summed E-state index contributed by atoms with van der Waals surface area (Å²) in [6.45, 7) is 2.55. The maximum absolute atomic E-state index is 12.0. The highest BCUT2D eigenvalue weighted by Crippen LogP contribution is 2.09. The third-order valence-corrected chi connectivity index (χ3v) is 3.43. The second-order valence-corrected chi connectivity index (χ2v) is 4.87. The van der Waals surface area contributed by atoms with Gasteiger partial charge < -0.3 is 10.2 Å². The van der Waals surface area contributed by atoms with Crippen molar-refractivity contribution in [1.29, 1.82) is 0 Å². The number of urea groups is 1. The van der Waals surface area contributed by atoms with Crippen LogP contribution < -0.4 is 5.32 Å². The maximum atomic E-state index is 12.0. The van der Waals surface area contributed by atoms with E-state index in [4.69, 9.17) is 0 Å². The molecule has 2 rings (SSSR count). The lowest BCUT2D eigenvalue weighted by molar-refractivity contribution is 0.200. The molecular formula is C15H22N2O. The second-order valence-electron chi connectivity index (χ2n) is 4.87. The Balaban J connectivity index is 1.71. The van der Waals surface area contributed by atoms with E-state index in [0.717, 1.165) is 38.9 Å². The molecule has 3 nitrogen and oxygen atoms in total. The van der Waals surface area contributed by atoms with Crippen LogP contribution in [0, 0.1) is 0 Å². The Labute approximate surface area is 109 Å². The lowest BCUT2D eigenvalue weighted by Gasteiger charge is -2.20. The first-order valence-corrected chi connectivity index (χ1v) is 6.93. The fourth-order valence-corrected chi connectivity index (χ4v) is 2.34. The zero-order valence-corrected chi connectivity index (χ0v) is 10.9. The molecule has 18 heavy (non-hydrogen) atoms. The largest absolute Gasteiger partial charge is 0.338 e. The van der Waals surface area contributed by atoms with Crippen molar-refractivity contribution < 1.29 is 4.79 Å². The van der Waals surface area contributed by atoms with E-state index in [9.17, 15) is 4.79 Å². The molecule has 1 N–H and O–H groups in total. The Hall–Kier alpha value is -1.51. The summed E-state index contributed by atoms with van der Waals surface area (Å²) in [5, 5.41) is 3.02. The van der Waals surface area contributed by atoms with Crippen molar-refractivity contribution in [3.8, 4) is 0 Å². The van der Waals surface area contributed by atoms with Crippen LogP contribution in [0.15, 0.2) is 30.3 Å². The van der Waals surface area contributed by atoms with Crippen LogP contribution in [0.1, 0.15) is 31.2 Å². The lowest BCUT2D eigenvalue weighted by atomic mass is 10.1. The highest BCUT2D eigenvalue weighted by atomic mass is 16.2. The number of nitrogens with zero attached hydrogens (tertiary/aromatic N) is 1. The smallest absolute Gasteiger partial charge is 0.317 e. The number of carbonyl (C=O) groups is 1. The van der Waals surface area contributed by atoms with Crippen LogP contribution in [-0.4, -0.2) is 30.6 Å². The predicted octanol–water partition coefficient (Wildman–Crippen LogP) is 2.81. The monoisotopic (exact) mass is 246 g/mol. The Kier molecular flexibility index (Phi) is 5.06. The summed E-state index contributed by atoms with van der Waals surface area (Å²) in [5.74, 6) is 0. The molecule has 1 heterocycles. The molecule has 0 bridgehead atoms. The summed E-state index contributed by atoms with van der Waals surface area (Å²) >= 11 is 0. The van der Waals surface area contributed by atoms with Crippen molar-refractivity contribution in [2.75, 3.05) is 19.6 Å². The minimum Gasteiger partial charge on any atom is -0.338 e. The fraction of sp³-hybridized carbons (Fsp3) is 0.533. The average Bonchev–Trinajstić information content (AvgIpc) is 2.69. The van der Waals surface area contributed by atoms with Crippen LogP contribution in [0.5, 0.6) is 0 Å². The molecule has 0 saturated carbocycles. The zero-order valence-electron chi connectivity index (χ0n) is 10.9. The molecule has 0 aliphatic carbocycles. The highest BCUT2D eigenvalue weighted by molar-refractivity contribution is 5.74. The number of rotatable bonds is 3. The Morgan fingerprint density at radius 2 is 1.72 bits per heavy atom. The molecule has 0 spiro atoms. The predicted molar refractivity (Wildman–Crippen MR) is 73.6 cm³/mol. The molecule has 0 radical (unpaired) electrons. The van der Waals surface area contributed by atoms with E-state index in [1.807, 2.05) is 23.1 Å². The van der Waals surface area contributed by atoms with Crippen LogP contribution in [0.2, 0.25) is 0 Å². The molecule has 1 fully saturated rings. The number of likely N-dealkylation sites (tertiary alicyclic amines) is 1. The van der Waals surface area contributed by atoms with Gasteiger partial charge in [0.05, 0.1) is 0 Å². The van der Waals surface area contributed by atoms with E-state index in [-0.39, 0.29) is 6.03 Å². The van der Waals surface area contributed by atoms with Gasteiger partial charge in [0.2, 0.25) is 0 Å². The summed E-state index contributed by atoms with van der Waals surface area (Å²) in [5.41, 5.74) is 1.27. The van der Waals surface area contributed by atoms with E-state index in [2.05, 4.69) is 17.4 Å². The third kappa shape index (κ3) is 4.06. The number of amides is 2. The van der Waals surface area contributed by atoms with Crippen molar-refractivity contribution >= 4 is 6.03 Å². The number of hydrogen-bond acceptors (Lipinski definition) is 1. The number of hydrogen-bond donors (Lipinski definition) is 1. The summed E-state index contributed by atoms with van der Waals surface area (Å²) in [6, 6.07) is 10.4.